The van der Waals surface area contributed by atoms with E-state index in [2.05, 4.69) is 109 Å². The van der Waals surface area contributed by atoms with Gasteiger partial charge in [-0.15, -0.1) is 0 Å². The van der Waals surface area contributed by atoms with Gasteiger partial charge in [0.15, 0.2) is 0 Å². The molecular weight excluding hydrogens is 468 g/mol. The molecule has 0 spiro atoms. The van der Waals surface area contributed by atoms with Crippen molar-refractivity contribution in [1.82, 2.24) is 0 Å². The van der Waals surface area contributed by atoms with Crippen LogP contribution < -0.4 is 10.4 Å². The second kappa shape index (κ2) is 10.7. The van der Waals surface area contributed by atoms with Crippen LogP contribution in [-0.2, 0) is 12.8 Å². The molecule has 1 saturated carbocycles. The fourth-order valence-corrected chi connectivity index (χ4v) is 6.92. The maximum absolute atomic E-state index is 2.57. The molecule has 39 heavy (non-hydrogen) atoms. The van der Waals surface area contributed by atoms with Gasteiger partial charge in [0.1, 0.15) is 0 Å². The summed E-state index contributed by atoms with van der Waals surface area (Å²) in [5.74, 6) is 0. The van der Waals surface area contributed by atoms with Gasteiger partial charge < -0.3 is 0 Å². The van der Waals surface area contributed by atoms with E-state index >= 15 is 0 Å². The molecule has 3 aliphatic carbocycles. The minimum atomic E-state index is 0.971. The third-order valence-electron chi connectivity index (χ3n) is 8.80. The molecule has 4 aromatic rings. The Morgan fingerprint density at radius 3 is 2.03 bits per heavy atom. The Labute approximate surface area is 232 Å². The number of rotatable bonds is 5. The highest BCUT2D eigenvalue weighted by atomic mass is 14.2. The zero-order valence-electron chi connectivity index (χ0n) is 22.8. The van der Waals surface area contributed by atoms with Gasteiger partial charge >= 0.3 is 0 Å². The van der Waals surface area contributed by atoms with E-state index in [1.54, 1.807) is 10.8 Å². The van der Waals surface area contributed by atoms with Gasteiger partial charge in [0.25, 0.3) is 0 Å². The standard InChI is InChI=1S/C39H36/c1-2-10-18-31(17-9-1)38-34(24-29-15-7-4-8-16-29)27-36-35-25-30(23-28-13-5-3-6-14-28)21-22-33(35)26-37(36)39(38)32-19-11-12-20-32/h3-8,11-16,19,21-22,25-27H,1-2,9-10,17-18,20,23-24H2. The molecule has 192 valence electrons. The Kier molecular flexibility index (Phi) is 6.63. The van der Waals surface area contributed by atoms with Crippen LogP contribution in [0.4, 0.5) is 0 Å². The summed E-state index contributed by atoms with van der Waals surface area (Å²) in [6.07, 6.45) is 20.3. The fraction of sp³-hybridized carbons (Fsp3) is 0.231. The molecular formula is C39H36. The maximum Gasteiger partial charge on any atom is -0.00194 e. The van der Waals surface area contributed by atoms with E-state index in [0.29, 0.717) is 0 Å². The quantitative estimate of drug-likeness (QED) is 0.212. The summed E-state index contributed by atoms with van der Waals surface area (Å²) in [5.41, 5.74) is 11.8. The van der Waals surface area contributed by atoms with Gasteiger partial charge in [0.05, 0.1) is 0 Å². The van der Waals surface area contributed by atoms with Crippen molar-refractivity contribution in [3.63, 3.8) is 0 Å². The molecule has 4 aromatic carbocycles. The van der Waals surface area contributed by atoms with Gasteiger partial charge in [0.2, 0.25) is 0 Å². The van der Waals surface area contributed by atoms with Gasteiger partial charge in [-0.1, -0.05) is 116 Å². The van der Waals surface area contributed by atoms with Crippen LogP contribution in [0.5, 0.6) is 0 Å². The van der Waals surface area contributed by atoms with Crippen molar-refractivity contribution in [3.8, 4) is 0 Å². The Morgan fingerprint density at radius 2 is 1.33 bits per heavy atom. The number of fused-ring (bicyclic) bond motifs is 2. The van der Waals surface area contributed by atoms with Gasteiger partial charge in [-0.2, -0.15) is 0 Å². The van der Waals surface area contributed by atoms with E-state index in [1.165, 1.54) is 93.1 Å². The van der Waals surface area contributed by atoms with Crippen molar-refractivity contribution in [2.45, 2.75) is 57.8 Å². The minimum absolute atomic E-state index is 0.971. The predicted molar refractivity (Wildman–Crippen MR) is 165 cm³/mol. The molecule has 0 saturated heterocycles. The van der Waals surface area contributed by atoms with Crippen LogP contribution in [-0.4, -0.2) is 0 Å². The summed E-state index contributed by atoms with van der Waals surface area (Å²) in [7, 11) is 0. The van der Waals surface area contributed by atoms with E-state index in [1.807, 2.05) is 0 Å². The van der Waals surface area contributed by atoms with Crippen LogP contribution in [0.3, 0.4) is 0 Å². The monoisotopic (exact) mass is 504 g/mol. The van der Waals surface area contributed by atoms with Gasteiger partial charge in [-0.25, -0.2) is 0 Å². The lowest BCUT2D eigenvalue weighted by Gasteiger charge is -2.17. The lowest BCUT2D eigenvalue weighted by atomic mass is 9.86. The van der Waals surface area contributed by atoms with Crippen molar-refractivity contribution < 1.29 is 0 Å². The normalized spacial score (nSPS) is 15.9. The number of hydrogen-bond acceptors (Lipinski definition) is 0. The SMILES string of the molecule is C1=CCC(c2c3c(cc(Cc4ccccc4)c2=C2CCCCCC2)=c2cc(Cc4ccccc4)ccc2=C3)=C1. The first-order chi connectivity index (χ1) is 19.3. The van der Waals surface area contributed by atoms with Crippen LogP contribution >= 0.6 is 0 Å². The largest absolute Gasteiger partial charge is 0.0801 e. The molecule has 0 aliphatic heterocycles. The lowest BCUT2D eigenvalue weighted by molar-refractivity contribution is 0.702. The van der Waals surface area contributed by atoms with Gasteiger partial charge in [-0.05, 0) is 117 Å². The minimum Gasteiger partial charge on any atom is -0.0801 e. The Balaban J connectivity index is 1.51. The number of benzene rings is 4. The topological polar surface area (TPSA) is 0 Å². The Bertz CT molecular complexity index is 1790. The first-order valence-corrected chi connectivity index (χ1v) is 14.8. The summed E-state index contributed by atoms with van der Waals surface area (Å²) in [5, 5.41) is 5.76. The van der Waals surface area contributed by atoms with Crippen LogP contribution in [0.25, 0.3) is 17.2 Å². The molecule has 1 fully saturated rings. The molecule has 0 aromatic heterocycles. The summed E-state index contributed by atoms with van der Waals surface area (Å²) in [6.45, 7) is 0. The third-order valence-corrected chi connectivity index (χ3v) is 8.80. The van der Waals surface area contributed by atoms with Gasteiger partial charge in [-0.3, -0.25) is 0 Å². The van der Waals surface area contributed by atoms with Crippen molar-refractivity contribution >= 4 is 17.2 Å². The molecule has 0 heterocycles. The molecule has 0 nitrogen and oxygen atoms in total. The average molecular weight is 505 g/mol. The van der Waals surface area contributed by atoms with E-state index < -0.39 is 0 Å². The van der Waals surface area contributed by atoms with Crippen molar-refractivity contribution in [2.75, 3.05) is 0 Å². The van der Waals surface area contributed by atoms with Crippen LogP contribution in [0.15, 0.2) is 103 Å². The van der Waals surface area contributed by atoms with Crippen molar-refractivity contribution in [1.29, 1.82) is 0 Å². The fourth-order valence-electron chi connectivity index (χ4n) is 6.92. The second-order valence-electron chi connectivity index (χ2n) is 11.5. The molecule has 0 heteroatoms. The molecule has 0 bridgehead atoms. The van der Waals surface area contributed by atoms with E-state index in [0.717, 1.165) is 19.3 Å². The molecule has 0 radical (unpaired) electrons. The summed E-state index contributed by atoms with van der Waals surface area (Å²) < 4.78 is 0. The summed E-state index contributed by atoms with van der Waals surface area (Å²) in [6, 6.07) is 31.7. The molecule has 0 unspecified atom stereocenters. The molecule has 3 aliphatic rings. The van der Waals surface area contributed by atoms with E-state index in [-0.39, 0.29) is 0 Å². The third kappa shape index (κ3) is 4.85. The maximum atomic E-state index is 2.57. The zero-order chi connectivity index (χ0) is 26.0. The lowest BCUT2D eigenvalue weighted by Crippen LogP contribution is -2.21. The second-order valence-corrected chi connectivity index (χ2v) is 11.5. The van der Waals surface area contributed by atoms with Crippen LogP contribution in [0.1, 0.15) is 78.3 Å². The molecule has 0 N–H and O–H groups in total. The average Bonchev–Trinajstić information content (AvgIpc) is 3.54. The molecule has 0 amide bonds. The highest BCUT2D eigenvalue weighted by Crippen LogP contribution is 2.31. The zero-order valence-corrected chi connectivity index (χ0v) is 22.8. The molecule has 0 atom stereocenters. The molecule has 7 rings (SSSR count). The van der Waals surface area contributed by atoms with Crippen molar-refractivity contribution in [2.24, 2.45) is 0 Å². The van der Waals surface area contributed by atoms with Crippen LogP contribution in [0, 0.1) is 10.4 Å². The Morgan fingerprint density at radius 1 is 0.615 bits per heavy atom. The smallest absolute Gasteiger partial charge is 0.00194 e. The highest BCUT2D eigenvalue weighted by molar-refractivity contribution is 5.81. The number of hydrogen-bond donors (Lipinski definition) is 0. The summed E-state index contributed by atoms with van der Waals surface area (Å²) in [4.78, 5) is 0. The van der Waals surface area contributed by atoms with E-state index in [9.17, 15) is 0 Å². The van der Waals surface area contributed by atoms with Crippen LogP contribution in [0.2, 0.25) is 0 Å². The van der Waals surface area contributed by atoms with E-state index in [4.69, 9.17) is 0 Å². The summed E-state index contributed by atoms with van der Waals surface area (Å²) >= 11 is 0. The Hall–Kier alpha value is -3.90. The first-order valence-electron chi connectivity index (χ1n) is 14.8. The number of allylic oxidation sites excluding steroid dienone is 4. The van der Waals surface area contributed by atoms with Gasteiger partial charge in [0, 0.05) is 0 Å². The first kappa shape index (κ1) is 24.2. The van der Waals surface area contributed by atoms with Crippen molar-refractivity contribution in [3.05, 3.63) is 157 Å². The predicted octanol–water partition coefficient (Wildman–Crippen LogP) is 8.15. The highest BCUT2D eigenvalue weighted by Gasteiger charge is 2.20.